The molecule has 0 radical (unpaired) electrons. The molecule has 1 saturated heterocycles. The molecule has 1 amide bonds. The van der Waals surface area contributed by atoms with Gasteiger partial charge >= 0.3 is 5.97 Å². The van der Waals surface area contributed by atoms with Crippen LogP contribution >= 0.6 is 24.8 Å². The third kappa shape index (κ3) is 9.51. The predicted octanol–water partition coefficient (Wildman–Crippen LogP) is 4.68. The van der Waals surface area contributed by atoms with Gasteiger partial charge in [0, 0.05) is 45.1 Å². The minimum atomic E-state index is -0.740. The Morgan fingerprint density at radius 2 is 1.72 bits per heavy atom. The number of fused-ring (bicyclic) bond motifs is 1. The number of halogens is 2. The molecule has 1 aromatic heterocycles. The Balaban J connectivity index is 0.00000300. The molecule has 2 aliphatic rings. The van der Waals surface area contributed by atoms with E-state index in [9.17, 15) is 14.7 Å². The number of aliphatic imine (C=N–C) groups is 1. The number of hydrogen-bond acceptors (Lipinski definition) is 7. The fourth-order valence-electron chi connectivity index (χ4n) is 6.12. The Hall–Kier alpha value is -4.03. The largest absolute Gasteiger partial charge is 0.491 e. The van der Waals surface area contributed by atoms with Gasteiger partial charge < -0.3 is 35.1 Å². The lowest BCUT2D eigenvalue weighted by Crippen LogP contribution is -2.40. The highest BCUT2D eigenvalue weighted by Gasteiger charge is 2.28. The zero-order valence-electron chi connectivity index (χ0n) is 26.8. The number of nitrogens with one attached hydrogen (secondary N) is 2. The van der Waals surface area contributed by atoms with Crippen LogP contribution in [0.5, 0.6) is 11.5 Å². The zero-order chi connectivity index (χ0) is 31.9. The number of carboxylic acids is 1. The zero-order valence-corrected chi connectivity index (χ0v) is 28.4. The molecule has 1 atom stereocenters. The number of hydrogen-bond donors (Lipinski definition) is 4. The lowest BCUT2D eigenvalue weighted by atomic mass is 9.82. The number of rotatable bonds is 11. The van der Waals surface area contributed by atoms with Gasteiger partial charge in [0.15, 0.2) is 0 Å². The van der Waals surface area contributed by atoms with E-state index in [1.807, 2.05) is 54.0 Å². The number of amides is 1. The minimum absolute atomic E-state index is 0. The van der Waals surface area contributed by atoms with Crippen LogP contribution in [0.3, 0.4) is 0 Å². The summed E-state index contributed by atoms with van der Waals surface area (Å²) in [6.07, 6.45) is 6.27. The monoisotopic (exact) mass is 689 g/mol. The molecule has 5 rings (SSSR count). The van der Waals surface area contributed by atoms with Crippen LogP contribution in [0, 0.1) is 17.2 Å². The molecule has 256 valence electrons. The van der Waals surface area contributed by atoms with Gasteiger partial charge in [-0.2, -0.15) is 0 Å². The molecule has 2 heterocycles. The van der Waals surface area contributed by atoms with E-state index in [0.29, 0.717) is 42.3 Å². The van der Waals surface area contributed by atoms with Gasteiger partial charge in [-0.25, -0.2) is 4.98 Å². The molecule has 3 aromatic rings. The van der Waals surface area contributed by atoms with E-state index in [2.05, 4.69) is 20.2 Å². The minimum Gasteiger partial charge on any atom is -0.491 e. The molecule has 5 N–H and O–H groups in total. The number of carbonyl (C=O) groups excluding carboxylic acids is 1. The van der Waals surface area contributed by atoms with Crippen molar-refractivity contribution in [2.24, 2.45) is 22.6 Å². The number of benzene rings is 2. The van der Waals surface area contributed by atoms with Gasteiger partial charge in [-0.1, -0.05) is 0 Å². The fraction of sp³-hybridized carbons (Fsp3) is 0.485. The molecular weight excluding hydrogens is 645 g/mol. The number of likely N-dealkylation sites (tertiary alicyclic amines) is 1. The molecule has 2 aromatic carbocycles. The van der Waals surface area contributed by atoms with Crippen LogP contribution in [0.4, 0.5) is 0 Å². The maximum Gasteiger partial charge on any atom is 0.306 e. The van der Waals surface area contributed by atoms with Crippen molar-refractivity contribution >= 4 is 59.4 Å². The van der Waals surface area contributed by atoms with Crippen LogP contribution < -0.4 is 20.5 Å². The summed E-state index contributed by atoms with van der Waals surface area (Å²) in [5, 5.41) is 20.2. The number of carbonyl (C=O) groups is 2. The van der Waals surface area contributed by atoms with Gasteiger partial charge in [0.05, 0.1) is 29.1 Å². The average Bonchev–Trinajstić information content (AvgIpc) is 3.47. The third-order valence-electron chi connectivity index (χ3n) is 8.96. The van der Waals surface area contributed by atoms with Gasteiger partial charge in [-0.15, -0.1) is 24.8 Å². The van der Waals surface area contributed by atoms with E-state index >= 15 is 0 Å². The summed E-state index contributed by atoms with van der Waals surface area (Å²) in [5.41, 5.74) is 8.21. The summed E-state index contributed by atoms with van der Waals surface area (Å²) in [4.78, 5) is 35.7. The number of carboxylic acid groups (broad SMARTS) is 1. The summed E-state index contributed by atoms with van der Waals surface area (Å²) in [5.74, 6) is 1.36. The predicted molar refractivity (Wildman–Crippen MR) is 187 cm³/mol. The Bertz CT molecular complexity index is 1530. The topological polar surface area (TPSA) is 168 Å². The Morgan fingerprint density at radius 1 is 1.06 bits per heavy atom. The molecule has 1 unspecified atom stereocenters. The average molecular weight is 691 g/mol. The summed E-state index contributed by atoms with van der Waals surface area (Å²) >= 11 is 0. The van der Waals surface area contributed by atoms with Crippen LogP contribution in [0.15, 0.2) is 53.8 Å². The number of aromatic nitrogens is 2. The fourth-order valence-corrected chi connectivity index (χ4v) is 6.12. The molecule has 0 bridgehead atoms. The van der Waals surface area contributed by atoms with Crippen molar-refractivity contribution in [2.45, 2.75) is 57.6 Å². The van der Waals surface area contributed by atoms with Gasteiger partial charge in [0.2, 0.25) is 5.91 Å². The van der Waals surface area contributed by atoms with Crippen LogP contribution in [0.25, 0.3) is 11.0 Å². The normalized spacial score (nSPS) is 19.2. The first-order valence-electron chi connectivity index (χ1n) is 15.6. The number of nitrogens with zero attached hydrogens (tertiary/aromatic N) is 4. The van der Waals surface area contributed by atoms with E-state index in [1.54, 1.807) is 13.4 Å². The number of aliphatic carboxylic acids is 1. The highest BCUT2D eigenvalue weighted by Crippen LogP contribution is 2.29. The smallest absolute Gasteiger partial charge is 0.306 e. The quantitative estimate of drug-likeness (QED) is 0.166. The highest BCUT2D eigenvalue weighted by atomic mass is 35.5. The van der Waals surface area contributed by atoms with Crippen molar-refractivity contribution in [2.75, 3.05) is 33.3 Å². The number of imidazole rings is 1. The van der Waals surface area contributed by atoms with E-state index in [4.69, 9.17) is 20.6 Å². The van der Waals surface area contributed by atoms with Gasteiger partial charge in [0.1, 0.15) is 36.1 Å². The molecule has 1 aliphatic heterocycles. The van der Waals surface area contributed by atoms with Crippen molar-refractivity contribution in [3.05, 3.63) is 54.4 Å². The molecule has 2 fully saturated rings. The van der Waals surface area contributed by atoms with E-state index in [1.165, 1.54) is 0 Å². The van der Waals surface area contributed by atoms with Crippen molar-refractivity contribution in [1.82, 2.24) is 19.8 Å². The van der Waals surface area contributed by atoms with Crippen LogP contribution in [0.1, 0.15) is 57.1 Å². The molecule has 1 aliphatic carbocycles. The summed E-state index contributed by atoms with van der Waals surface area (Å²) in [6.45, 7) is 4.00. The number of nitrogens with two attached hydrogens (primary N) is 1. The van der Waals surface area contributed by atoms with Crippen molar-refractivity contribution in [1.29, 1.82) is 5.41 Å². The summed E-state index contributed by atoms with van der Waals surface area (Å²) in [7, 11) is 1.63. The van der Waals surface area contributed by atoms with Crippen molar-refractivity contribution in [3.63, 3.8) is 0 Å². The maximum atomic E-state index is 13.7. The number of ether oxygens (including phenoxy) is 2. The Kier molecular flexibility index (Phi) is 13.7. The van der Waals surface area contributed by atoms with Gasteiger partial charge in [-0.3, -0.25) is 20.0 Å². The summed E-state index contributed by atoms with van der Waals surface area (Å²) in [6, 6.07) is 12.3. The number of amidine groups is 2. The van der Waals surface area contributed by atoms with Crippen LogP contribution in [-0.2, 0) is 9.59 Å². The summed E-state index contributed by atoms with van der Waals surface area (Å²) < 4.78 is 14.1. The van der Waals surface area contributed by atoms with Crippen LogP contribution in [0.2, 0.25) is 0 Å². The number of piperidine rings is 1. The standard InChI is InChI=1S/C33H43N7O5.2ClH/c1-21(34)39-15-13-27(14-16-39)45-26-10-8-25(9-11-26)44-19-30(32(41)37-18-22-3-5-23(6-4-22)33(42)43)40-20-38-28-17-24(31(35)36-2)7-12-29(28)40;;/h7-12,17,20,22-23,27,30,34H,3-6,13-16,18-19H2,1-2H3,(H2,35,36)(H,37,41)(H,42,43);2*1H. The van der Waals surface area contributed by atoms with E-state index in [-0.39, 0.29) is 55.3 Å². The lowest BCUT2D eigenvalue weighted by molar-refractivity contribution is -0.143. The van der Waals surface area contributed by atoms with Crippen molar-refractivity contribution < 1.29 is 24.2 Å². The Labute approximate surface area is 287 Å². The third-order valence-corrected chi connectivity index (χ3v) is 8.96. The molecule has 14 heteroatoms. The second-order valence-corrected chi connectivity index (χ2v) is 12.0. The van der Waals surface area contributed by atoms with E-state index < -0.39 is 12.0 Å². The first kappa shape index (κ1) is 37.4. The first-order valence-corrected chi connectivity index (χ1v) is 15.6. The first-order chi connectivity index (χ1) is 21.7. The highest BCUT2D eigenvalue weighted by molar-refractivity contribution is 6.00. The molecule has 0 spiro atoms. The van der Waals surface area contributed by atoms with Crippen LogP contribution in [-0.4, -0.2) is 82.5 Å². The van der Waals surface area contributed by atoms with Gasteiger partial charge in [0.25, 0.3) is 0 Å². The Morgan fingerprint density at radius 3 is 2.34 bits per heavy atom. The lowest BCUT2D eigenvalue weighted by Gasteiger charge is -2.32. The second-order valence-electron chi connectivity index (χ2n) is 12.0. The molecule has 12 nitrogen and oxygen atoms in total. The van der Waals surface area contributed by atoms with Crippen molar-refractivity contribution in [3.8, 4) is 11.5 Å². The SMILES string of the molecule is CN=C(N)c1ccc2c(c1)ncn2C(COc1ccc(OC2CCN(C(C)=N)CC2)cc1)C(=O)NCC1CCC(C(=O)O)CC1.Cl.Cl. The molecule has 47 heavy (non-hydrogen) atoms. The molecular formula is C33H45Cl2N7O5. The second kappa shape index (κ2) is 17.2. The van der Waals surface area contributed by atoms with Gasteiger partial charge in [-0.05, 0) is 81.0 Å². The van der Waals surface area contributed by atoms with E-state index in [0.717, 1.165) is 55.6 Å². The maximum absolute atomic E-state index is 13.7. The molecule has 1 saturated carbocycles.